The number of para-hydroxylation sites is 1. The summed E-state index contributed by atoms with van der Waals surface area (Å²) >= 11 is 0. The standard InChI is InChI=1S/C16H10N2O4/c17-9-13(19)11-7-4-8-12-14(10-5-2-1-3-6-10)16(18(20)21)22-15(11)12/h1-9,17H. The molecule has 108 valence electrons. The molecule has 0 radical (unpaired) electrons. The molecule has 0 bridgehead atoms. The second kappa shape index (κ2) is 5.25. The van der Waals surface area contributed by atoms with Gasteiger partial charge in [0.1, 0.15) is 10.5 Å². The van der Waals surface area contributed by atoms with Crippen LogP contribution in [-0.2, 0) is 0 Å². The molecule has 0 aliphatic rings. The molecule has 1 N–H and O–H groups in total. The SMILES string of the molecule is N=CC(=O)c1cccc2c(-c3ccccc3)c([N+](=O)[O-])oc12. The van der Waals surface area contributed by atoms with Gasteiger partial charge < -0.3 is 9.83 Å². The number of hydrogen-bond acceptors (Lipinski definition) is 5. The van der Waals surface area contributed by atoms with E-state index < -0.39 is 16.6 Å². The van der Waals surface area contributed by atoms with Crippen LogP contribution in [0, 0.1) is 15.5 Å². The van der Waals surface area contributed by atoms with Crippen molar-refractivity contribution >= 4 is 28.9 Å². The number of nitro groups is 1. The van der Waals surface area contributed by atoms with Crippen molar-refractivity contribution < 1.29 is 14.1 Å². The Morgan fingerprint density at radius 3 is 2.50 bits per heavy atom. The first-order valence-corrected chi connectivity index (χ1v) is 6.43. The smallest absolute Gasteiger partial charge is 0.399 e. The highest BCUT2D eigenvalue weighted by Crippen LogP contribution is 2.40. The molecular formula is C16H10N2O4. The molecule has 0 aliphatic heterocycles. The minimum atomic E-state index is -0.610. The van der Waals surface area contributed by atoms with Gasteiger partial charge >= 0.3 is 5.88 Å². The summed E-state index contributed by atoms with van der Waals surface area (Å²) in [5.41, 5.74) is 1.23. The lowest BCUT2D eigenvalue weighted by molar-refractivity contribution is -0.400. The molecule has 0 atom stereocenters. The first kappa shape index (κ1) is 13.7. The summed E-state index contributed by atoms with van der Waals surface area (Å²) in [7, 11) is 0. The highest BCUT2D eigenvalue weighted by molar-refractivity contribution is 6.37. The van der Waals surface area contributed by atoms with Crippen LogP contribution in [0.1, 0.15) is 10.4 Å². The summed E-state index contributed by atoms with van der Waals surface area (Å²) in [6.45, 7) is 0. The van der Waals surface area contributed by atoms with Crippen molar-refractivity contribution in [3.8, 4) is 11.1 Å². The van der Waals surface area contributed by atoms with E-state index in [1.807, 2.05) is 6.07 Å². The van der Waals surface area contributed by atoms with Gasteiger partial charge in [0.05, 0.1) is 11.8 Å². The molecule has 3 aromatic rings. The molecule has 1 aromatic heterocycles. The molecule has 6 heteroatoms. The normalized spacial score (nSPS) is 10.5. The summed E-state index contributed by atoms with van der Waals surface area (Å²) in [6.07, 6.45) is 0.658. The number of rotatable bonds is 4. The van der Waals surface area contributed by atoms with Gasteiger partial charge in [0.2, 0.25) is 5.78 Å². The zero-order valence-electron chi connectivity index (χ0n) is 11.3. The Bertz CT molecular complexity index is 897. The molecule has 2 aromatic carbocycles. The first-order valence-electron chi connectivity index (χ1n) is 6.43. The molecule has 6 nitrogen and oxygen atoms in total. The van der Waals surface area contributed by atoms with E-state index in [9.17, 15) is 14.9 Å². The summed E-state index contributed by atoms with van der Waals surface area (Å²) in [5, 5.41) is 18.9. The van der Waals surface area contributed by atoms with Gasteiger partial charge in [-0.2, -0.15) is 0 Å². The van der Waals surface area contributed by atoms with Crippen molar-refractivity contribution in [2.75, 3.05) is 0 Å². The number of Topliss-reactive ketones (excluding diaryl/α,β-unsaturated/α-hetero) is 1. The van der Waals surface area contributed by atoms with E-state index in [0.29, 0.717) is 22.7 Å². The first-order chi connectivity index (χ1) is 10.6. The van der Waals surface area contributed by atoms with Gasteiger partial charge in [-0.05, 0) is 11.6 Å². The summed E-state index contributed by atoms with van der Waals surface area (Å²) in [5.74, 6) is -0.972. The maximum absolute atomic E-state index is 11.8. The van der Waals surface area contributed by atoms with Crippen molar-refractivity contribution in [1.82, 2.24) is 0 Å². The largest absolute Gasteiger partial charge is 0.442 e. The van der Waals surface area contributed by atoms with Gasteiger partial charge in [-0.25, -0.2) is 0 Å². The van der Waals surface area contributed by atoms with Gasteiger partial charge in [0.15, 0.2) is 5.58 Å². The van der Waals surface area contributed by atoms with E-state index in [1.54, 1.807) is 36.4 Å². The summed E-state index contributed by atoms with van der Waals surface area (Å²) < 4.78 is 5.35. The Balaban J connectivity index is 2.40. The fourth-order valence-corrected chi connectivity index (χ4v) is 2.39. The molecule has 0 unspecified atom stereocenters. The third-order valence-corrected chi connectivity index (χ3v) is 3.32. The number of carbonyl (C=O) groups excluding carboxylic acids is 1. The van der Waals surface area contributed by atoms with E-state index in [2.05, 4.69) is 0 Å². The van der Waals surface area contributed by atoms with Crippen molar-refractivity contribution in [1.29, 1.82) is 5.41 Å². The monoisotopic (exact) mass is 294 g/mol. The number of nitrogens with one attached hydrogen (secondary N) is 1. The number of furan rings is 1. The molecular weight excluding hydrogens is 284 g/mol. The Labute approximate surface area is 124 Å². The molecule has 3 rings (SSSR count). The van der Waals surface area contributed by atoms with Gasteiger partial charge in [-0.1, -0.05) is 42.5 Å². The maximum atomic E-state index is 11.8. The molecule has 0 spiro atoms. The van der Waals surface area contributed by atoms with Gasteiger partial charge in [-0.3, -0.25) is 14.9 Å². The summed E-state index contributed by atoms with van der Waals surface area (Å²) in [4.78, 5) is 22.5. The molecule has 0 aliphatic carbocycles. The minimum Gasteiger partial charge on any atom is -0.399 e. The lowest BCUT2D eigenvalue weighted by Gasteiger charge is -1.98. The molecule has 0 saturated carbocycles. The lowest BCUT2D eigenvalue weighted by Crippen LogP contribution is -1.99. The lowest BCUT2D eigenvalue weighted by atomic mass is 10.0. The van der Waals surface area contributed by atoms with Crippen LogP contribution < -0.4 is 0 Å². The molecule has 0 saturated heterocycles. The number of benzene rings is 2. The van der Waals surface area contributed by atoms with Crippen molar-refractivity contribution in [2.24, 2.45) is 0 Å². The Morgan fingerprint density at radius 2 is 1.86 bits per heavy atom. The Morgan fingerprint density at radius 1 is 1.14 bits per heavy atom. The number of ketones is 1. The fourth-order valence-electron chi connectivity index (χ4n) is 2.39. The quantitative estimate of drug-likeness (QED) is 0.342. The number of fused-ring (bicyclic) bond motifs is 1. The predicted octanol–water partition coefficient (Wildman–Crippen LogP) is 3.84. The Kier molecular flexibility index (Phi) is 3.27. The van der Waals surface area contributed by atoms with E-state index in [4.69, 9.17) is 9.83 Å². The van der Waals surface area contributed by atoms with Crippen molar-refractivity contribution in [3.05, 3.63) is 64.2 Å². The highest BCUT2D eigenvalue weighted by atomic mass is 16.6. The topological polar surface area (TPSA) is 97.2 Å². The van der Waals surface area contributed by atoms with Crippen molar-refractivity contribution in [2.45, 2.75) is 0 Å². The van der Waals surface area contributed by atoms with Crippen LogP contribution >= 0.6 is 0 Å². The minimum absolute atomic E-state index is 0.126. The summed E-state index contributed by atoms with van der Waals surface area (Å²) in [6, 6.07) is 13.6. The third kappa shape index (κ3) is 2.07. The van der Waals surface area contributed by atoms with Gasteiger partial charge in [0, 0.05) is 5.39 Å². The number of hydrogen-bond donors (Lipinski definition) is 1. The van der Waals surface area contributed by atoms with Crippen LogP contribution in [0.5, 0.6) is 0 Å². The third-order valence-electron chi connectivity index (χ3n) is 3.32. The Hall–Kier alpha value is -3.28. The molecule has 0 fully saturated rings. The van der Waals surface area contributed by atoms with Crippen molar-refractivity contribution in [3.63, 3.8) is 0 Å². The van der Waals surface area contributed by atoms with Crippen LogP contribution in [0.3, 0.4) is 0 Å². The van der Waals surface area contributed by atoms with Crippen LogP contribution in [-0.4, -0.2) is 16.9 Å². The number of nitrogens with zero attached hydrogens (tertiary/aromatic N) is 1. The van der Waals surface area contributed by atoms with E-state index in [0.717, 1.165) is 0 Å². The van der Waals surface area contributed by atoms with Gasteiger partial charge in [0.25, 0.3) is 0 Å². The van der Waals surface area contributed by atoms with Gasteiger partial charge in [-0.15, -0.1) is 0 Å². The van der Waals surface area contributed by atoms with Crippen LogP contribution in [0.15, 0.2) is 52.9 Å². The highest BCUT2D eigenvalue weighted by Gasteiger charge is 2.27. The average Bonchev–Trinajstić information content (AvgIpc) is 2.94. The van der Waals surface area contributed by atoms with E-state index >= 15 is 0 Å². The maximum Gasteiger partial charge on any atom is 0.442 e. The number of carbonyl (C=O) groups is 1. The molecule has 22 heavy (non-hydrogen) atoms. The predicted molar refractivity (Wildman–Crippen MR) is 81.4 cm³/mol. The van der Waals surface area contributed by atoms with Crippen LogP contribution in [0.2, 0.25) is 0 Å². The molecule has 1 heterocycles. The van der Waals surface area contributed by atoms with E-state index in [1.165, 1.54) is 6.07 Å². The van der Waals surface area contributed by atoms with Crippen LogP contribution in [0.25, 0.3) is 22.1 Å². The zero-order chi connectivity index (χ0) is 15.7. The zero-order valence-corrected chi connectivity index (χ0v) is 11.3. The second-order valence-corrected chi connectivity index (χ2v) is 4.60. The fraction of sp³-hybridized carbons (Fsp3) is 0. The second-order valence-electron chi connectivity index (χ2n) is 4.60. The van der Waals surface area contributed by atoms with E-state index in [-0.39, 0.29) is 11.1 Å². The average molecular weight is 294 g/mol. The van der Waals surface area contributed by atoms with Crippen LogP contribution in [0.4, 0.5) is 5.88 Å². The molecule has 0 amide bonds.